The minimum atomic E-state index is -3.53. The summed E-state index contributed by atoms with van der Waals surface area (Å²) in [6.45, 7) is 2.26. The van der Waals surface area contributed by atoms with E-state index in [1.807, 2.05) is 6.92 Å². The summed E-state index contributed by atoms with van der Waals surface area (Å²) in [5.74, 6) is 0.648. The smallest absolute Gasteiger partial charge is 0.250 e. The summed E-state index contributed by atoms with van der Waals surface area (Å²) >= 11 is 12.7. The van der Waals surface area contributed by atoms with Gasteiger partial charge in [-0.25, -0.2) is 13.1 Å². The molecule has 1 aromatic carbocycles. The molecule has 0 bridgehead atoms. The highest BCUT2D eigenvalue weighted by atomic mass is 35.5. The fourth-order valence-electron chi connectivity index (χ4n) is 1.57. The molecule has 8 heteroatoms. The largest absolute Gasteiger partial charge is 0.492 e. The first-order chi connectivity index (χ1) is 9.88. The summed E-state index contributed by atoms with van der Waals surface area (Å²) in [5, 5.41) is 0.664. The molecule has 0 aliphatic carbocycles. The predicted octanol–water partition coefficient (Wildman–Crippen LogP) is 3.72. The van der Waals surface area contributed by atoms with Gasteiger partial charge in [0.25, 0.3) is 0 Å². The number of hydrogen-bond acceptors (Lipinski definition) is 4. The molecule has 0 amide bonds. The van der Waals surface area contributed by atoms with Crippen LogP contribution >= 0.6 is 34.5 Å². The molecule has 21 heavy (non-hydrogen) atoms. The van der Waals surface area contributed by atoms with Crippen molar-refractivity contribution in [1.82, 2.24) is 4.72 Å². The average molecular weight is 366 g/mol. The lowest BCUT2D eigenvalue weighted by Crippen LogP contribution is -2.27. The van der Waals surface area contributed by atoms with Crippen molar-refractivity contribution in [2.75, 3.05) is 13.2 Å². The van der Waals surface area contributed by atoms with Gasteiger partial charge in [0.2, 0.25) is 10.0 Å². The zero-order valence-electron chi connectivity index (χ0n) is 11.1. The number of ether oxygens (including phenoxy) is 1. The van der Waals surface area contributed by atoms with E-state index in [-0.39, 0.29) is 17.4 Å². The van der Waals surface area contributed by atoms with Gasteiger partial charge in [-0.05, 0) is 42.8 Å². The van der Waals surface area contributed by atoms with Crippen molar-refractivity contribution in [3.05, 3.63) is 45.3 Å². The van der Waals surface area contributed by atoms with Crippen LogP contribution in [0.1, 0.15) is 5.56 Å². The van der Waals surface area contributed by atoms with Crippen molar-refractivity contribution >= 4 is 44.6 Å². The molecule has 114 valence electrons. The van der Waals surface area contributed by atoms with Gasteiger partial charge < -0.3 is 4.74 Å². The SMILES string of the molecule is Cc1cc(OCCNS(=O)(=O)c2ccc(Cl)s2)ccc1Cl. The maximum Gasteiger partial charge on any atom is 0.250 e. The lowest BCUT2D eigenvalue weighted by molar-refractivity contribution is 0.322. The second-order valence-electron chi connectivity index (χ2n) is 4.22. The molecule has 0 aliphatic heterocycles. The zero-order chi connectivity index (χ0) is 15.5. The predicted molar refractivity (Wildman–Crippen MR) is 86.2 cm³/mol. The zero-order valence-corrected chi connectivity index (χ0v) is 14.2. The highest BCUT2D eigenvalue weighted by Crippen LogP contribution is 2.25. The van der Waals surface area contributed by atoms with E-state index in [0.29, 0.717) is 15.1 Å². The van der Waals surface area contributed by atoms with Crippen molar-refractivity contribution in [2.24, 2.45) is 0 Å². The fraction of sp³-hybridized carbons (Fsp3) is 0.231. The van der Waals surface area contributed by atoms with E-state index < -0.39 is 10.0 Å². The van der Waals surface area contributed by atoms with Gasteiger partial charge in [0.1, 0.15) is 16.6 Å². The highest BCUT2D eigenvalue weighted by Gasteiger charge is 2.15. The van der Waals surface area contributed by atoms with Crippen LogP contribution in [-0.4, -0.2) is 21.6 Å². The van der Waals surface area contributed by atoms with Crippen LogP contribution in [0.15, 0.2) is 34.5 Å². The molecule has 0 aliphatic rings. The maximum atomic E-state index is 11.9. The molecule has 1 heterocycles. The standard InChI is InChI=1S/C13H13Cl2NO3S2/c1-9-8-10(2-3-11(9)14)19-7-6-16-21(17,18)13-5-4-12(15)20-13/h2-5,8,16H,6-7H2,1H3. The van der Waals surface area contributed by atoms with Crippen LogP contribution in [0.25, 0.3) is 0 Å². The summed E-state index contributed by atoms with van der Waals surface area (Å²) in [5.41, 5.74) is 0.906. The number of thiophene rings is 1. The summed E-state index contributed by atoms with van der Waals surface area (Å²) in [4.78, 5) is 0. The lowest BCUT2D eigenvalue weighted by Gasteiger charge is -2.08. The quantitative estimate of drug-likeness (QED) is 0.793. The second-order valence-corrected chi connectivity index (χ2v) is 8.33. The van der Waals surface area contributed by atoms with Gasteiger partial charge in [-0.2, -0.15) is 0 Å². The van der Waals surface area contributed by atoms with Crippen LogP contribution in [0.4, 0.5) is 0 Å². The first-order valence-corrected chi connectivity index (χ1v) is 9.08. The number of halogens is 2. The van der Waals surface area contributed by atoms with Crippen molar-refractivity contribution in [3.8, 4) is 5.75 Å². The Morgan fingerprint density at radius 3 is 2.62 bits per heavy atom. The Kier molecular flexibility index (Phi) is 5.51. The van der Waals surface area contributed by atoms with Crippen LogP contribution in [0.3, 0.4) is 0 Å². The Morgan fingerprint density at radius 1 is 1.24 bits per heavy atom. The minimum absolute atomic E-state index is 0.166. The summed E-state index contributed by atoms with van der Waals surface area (Å²) in [7, 11) is -3.53. The third-order valence-electron chi connectivity index (χ3n) is 2.61. The molecule has 0 atom stereocenters. The van der Waals surface area contributed by atoms with Gasteiger partial charge in [0.15, 0.2) is 0 Å². The topological polar surface area (TPSA) is 55.4 Å². The molecule has 0 saturated carbocycles. The van der Waals surface area contributed by atoms with Crippen molar-refractivity contribution in [2.45, 2.75) is 11.1 Å². The Bertz CT molecular complexity index is 729. The van der Waals surface area contributed by atoms with Gasteiger partial charge in [-0.3, -0.25) is 0 Å². The fourth-order valence-corrected chi connectivity index (χ4v) is 4.22. The van der Waals surface area contributed by atoms with Gasteiger partial charge in [0.05, 0.1) is 4.34 Å². The van der Waals surface area contributed by atoms with Crippen molar-refractivity contribution < 1.29 is 13.2 Å². The van der Waals surface area contributed by atoms with Gasteiger partial charge in [0, 0.05) is 11.6 Å². The normalized spacial score (nSPS) is 11.6. The molecule has 0 spiro atoms. The summed E-state index contributed by atoms with van der Waals surface area (Å²) < 4.78 is 32.4. The van der Waals surface area contributed by atoms with Crippen LogP contribution < -0.4 is 9.46 Å². The van der Waals surface area contributed by atoms with Gasteiger partial charge in [-0.1, -0.05) is 23.2 Å². The van der Waals surface area contributed by atoms with E-state index in [2.05, 4.69) is 4.72 Å². The number of rotatable bonds is 6. The van der Waals surface area contributed by atoms with Crippen LogP contribution in [-0.2, 0) is 10.0 Å². The molecule has 4 nitrogen and oxygen atoms in total. The molecule has 0 unspecified atom stereocenters. The monoisotopic (exact) mass is 365 g/mol. The average Bonchev–Trinajstić information content (AvgIpc) is 2.86. The molecule has 0 fully saturated rings. The highest BCUT2D eigenvalue weighted by molar-refractivity contribution is 7.91. The van der Waals surface area contributed by atoms with E-state index in [4.69, 9.17) is 27.9 Å². The third kappa shape index (κ3) is 4.59. The van der Waals surface area contributed by atoms with E-state index in [0.717, 1.165) is 16.9 Å². The summed E-state index contributed by atoms with van der Waals surface area (Å²) in [6.07, 6.45) is 0. The minimum Gasteiger partial charge on any atom is -0.492 e. The number of sulfonamides is 1. The Morgan fingerprint density at radius 2 is 2.00 bits per heavy atom. The first-order valence-electron chi connectivity index (χ1n) is 6.02. The Hall–Kier alpha value is -0.790. The van der Waals surface area contributed by atoms with Crippen molar-refractivity contribution in [1.29, 1.82) is 0 Å². The molecular weight excluding hydrogens is 353 g/mol. The molecule has 1 N–H and O–H groups in total. The molecule has 1 aromatic heterocycles. The second kappa shape index (κ2) is 6.98. The van der Waals surface area contributed by atoms with E-state index in [1.165, 1.54) is 6.07 Å². The number of hydrogen-bond donors (Lipinski definition) is 1. The van der Waals surface area contributed by atoms with Crippen LogP contribution in [0.5, 0.6) is 5.75 Å². The Balaban J connectivity index is 1.85. The van der Waals surface area contributed by atoms with Crippen LogP contribution in [0.2, 0.25) is 9.36 Å². The van der Waals surface area contributed by atoms with E-state index in [9.17, 15) is 8.42 Å². The van der Waals surface area contributed by atoms with Gasteiger partial charge in [-0.15, -0.1) is 11.3 Å². The number of aryl methyl sites for hydroxylation is 1. The Labute approximate surface area is 137 Å². The molecule has 0 saturated heterocycles. The first kappa shape index (κ1) is 16.6. The molecule has 2 rings (SSSR count). The number of nitrogens with one attached hydrogen (secondary N) is 1. The van der Waals surface area contributed by atoms with Crippen molar-refractivity contribution in [3.63, 3.8) is 0 Å². The number of benzene rings is 1. The molecule has 0 radical (unpaired) electrons. The third-order valence-corrected chi connectivity index (χ3v) is 6.21. The maximum absolute atomic E-state index is 11.9. The molecule has 2 aromatic rings. The summed E-state index contributed by atoms with van der Waals surface area (Å²) in [6, 6.07) is 8.30. The van der Waals surface area contributed by atoms with E-state index >= 15 is 0 Å². The van der Waals surface area contributed by atoms with E-state index in [1.54, 1.807) is 24.3 Å². The van der Waals surface area contributed by atoms with Crippen LogP contribution in [0, 0.1) is 6.92 Å². The van der Waals surface area contributed by atoms with Gasteiger partial charge >= 0.3 is 0 Å². The molecular formula is C13H13Cl2NO3S2. The lowest BCUT2D eigenvalue weighted by atomic mass is 10.2.